The van der Waals surface area contributed by atoms with E-state index in [0.29, 0.717) is 13.1 Å². The van der Waals surface area contributed by atoms with Gasteiger partial charge in [-0.2, -0.15) is 0 Å². The molecule has 0 aliphatic carbocycles. The quantitative estimate of drug-likeness (QED) is 0.873. The molecule has 0 atom stereocenters. The summed E-state index contributed by atoms with van der Waals surface area (Å²) in [5.41, 5.74) is 2.39. The first kappa shape index (κ1) is 16.9. The second-order valence-corrected chi connectivity index (χ2v) is 5.44. The number of carbonyl (C=O) groups excluding carboxylic acids is 1. The molecule has 0 spiro atoms. The molecular formula is C17H22N2O4. The molecule has 0 aromatic heterocycles. The first-order chi connectivity index (χ1) is 11.1. The van der Waals surface area contributed by atoms with Crippen LogP contribution in [0.4, 0.5) is 4.79 Å². The number of piperidine rings is 1. The van der Waals surface area contributed by atoms with Crippen LogP contribution < -0.4 is 10.1 Å². The molecule has 1 heterocycles. The molecule has 1 aliphatic rings. The fourth-order valence-corrected chi connectivity index (χ4v) is 2.50. The number of ether oxygens (including phenoxy) is 1. The van der Waals surface area contributed by atoms with Gasteiger partial charge in [-0.1, -0.05) is 23.8 Å². The minimum atomic E-state index is -0.910. The van der Waals surface area contributed by atoms with Gasteiger partial charge in [-0.05, 0) is 30.5 Å². The summed E-state index contributed by atoms with van der Waals surface area (Å²) in [6, 6.07) is 7.69. The van der Waals surface area contributed by atoms with E-state index in [4.69, 9.17) is 9.84 Å². The standard InChI is InChI=1S/C17H22N2O4/c1-23-15-4-2-3-14(12-15)11-13-6-9-19(10-7-13)17(22)18-8-5-16(20)21/h2-4,11-12H,5-10H2,1H3,(H,18,22)(H,20,21). The van der Waals surface area contributed by atoms with E-state index in [1.165, 1.54) is 5.57 Å². The molecule has 0 saturated carbocycles. The fraction of sp³-hybridized carbons (Fsp3) is 0.412. The highest BCUT2D eigenvalue weighted by Crippen LogP contribution is 2.21. The van der Waals surface area contributed by atoms with Crippen LogP contribution in [0.3, 0.4) is 0 Å². The molecular weight excluding hydrogens is 296 g/mol. The number of carboxylic acids is 1. The summed E-state index contributed by atoms with van der Waals surface area (Å²) < 4.78 is 5.21. The van der Waals surface area contributed by atoms with Crippen LogP contribution in [-0.2, 0) is 4.79 Å². The van der Waals surface area contributed by atoms with Gasteiger partial charge in [0.1, 0.15) is 5.75 Å². The highest BCUT2D eigenvalue weighted by molar-refractivity contribution is 5.75. The Labute approximate surface area is 135 Å². The van der Waals surface area contributed by atoms with E-state index in [0.717, 1.165) is 24.2 Å². The third-order valence-electron chi connectivity index (χ3n) is 3.77. The van der Waals surface area contributed by atoms with Crippen LogP contribution >= 0.6 is 0 Å². The van der Waals surface area contributed by atoms with Gasteiger partial charge in [0.25, 0.3) is 0 Å². The van der Waals surface area contributed by atoms with Crippen LogP contribution in [0.15, 0.2) is 29.8 Å². The van der Waals surface area contributed by atoms with E-state index < -0.39 is 5.97 Å². The summed E-state index contributed by atoms with van der Waals surface area (Å²) in [7, 11) is 1.65. The molecule has 1 aromatic carbocycles. The lowest BCUT2D eigenvalue weighted by atomic mass is 10.0. The van der Waals surface area contributed by atoms with Crippen molar-refractivity contribution in [2.45, 2.75) is 19.3 Å². The number of carboxylic acid groups (broad SMARTS) is 1. The van der Waals surface area contributed by atoms with E-state index in [-0.39, 0.29) is 19.0 Å². The number of urea groups is 1. The topological polar surface area (TPSA) is 78.9 Å². The Bertz CT molecular complexity index is 588. The number of aliphatic carboxylic acids is 1. The fourth-order valence-electron chi connectivity index (χ4n) is 2.50. The largest absolute Gasteiger partial charge is 0.497 e. The predicted molar refractivity (Wildman–Crippen MR) is 87.4 cm³/mol. The number of likely N-dealkylation sites (tertiary alicyclic amines) is 1. The third-order valence-corrected chi connectivity index (χ3v) is 3.77. The maximum absolute atomic E-state index is 11.9. The molecule has 2 amide bonds. The number of hydrogen-bond acceptors (Lipinski definition) is 3. The molecule has 6 nitrogen and oxygen atoms in total. The Morgan fingerprint density at radius 3 is 2.74 bits per heavy atom. The van der Waals surface area contributed by atoms with Gasteiger partial charge in [0.2, 0.25) is 0 Å². The molecule has 1 aromatic rings. The highest BCUT2D eigenvalue weighted by Gasteiger charge is 2.18. The molecule has 23 heavy (non-hydrogen) atoms. The van der Waals surface area contributed by atoms with Gasteiger partial charge in [-0.15, -0.1) is 0 Å². The van der Waals surface area contributed by atoms with Gasteiger partial charge >= 0.3 is 12.0 Å². The van der Waals surface area contributed by atoms with Gasteiger partial charge < -0.3 is 20.1 Å². The van der Waals surface area contributed by atoms with Crippen LogP contribution in [-0.4, -0.2) is 48.8 Å². The van der Waals surface area contributed by atoms with Gasteiger partial charge in [-0.3, -0.25) is 4.79 Å². The summed E-state index contributed by atoms with van der Waals surface area (Å²) in [6.45, 7) is 1.46. The second kappa shape index (κ2) is 8.22. The first-order valence-electron chi connectivity index (χ1n) is 7.66. The highest BCUT2D eigenvalue weighted by atomic mass is 16.5. The summed E-state index contributed by atoms with van der Waals surface area (Å²) in [4.78, 5) is 24.1. The molecule has 0 unspecified atom stereocenters. The molecule has 1 saturated heterocycles. The molecule has 124 valence electrons. The number of rotatable bonds is 5. The van der Waals surface area contributed by atoms with E-state index in [2.05, 4.69) is 11.4 Å². The van der Waals surface area contributed by atoms with Crippen molar-refractivity contribution in [2.75, 3.05) is 26.7 Å². The molecule has 0 radical (unpaired) electrons. The van der Waals surface area contributed by atoms with Gasteiger partial charge in [0.05, 0.1) is 13.5 Å². The number of hydrogen-bond donors (Lipinski definition) is 2. The number of carbonyl (C=O) groups is 2. The van der Waals surface area contributed by atoms with Crippen molar-refractivity contribution in [3.8, 4) is 5.75 Å². The second-order valence-electron chi connectivity index (χ2n) is 5.44. The number of benzene rings is 1. The average molecular weight is 318 g/mol. The normalized spacial score (nSPS) is 14.3. The summed E-state index contributed by atoms with van der Waals surface area (Å²) in [5, 5.41) is 11.2. The van der Waals surface area contributed by atoms with Crippen LogP contribution in [0, 0.1) is 0 Å². The Hall–Kier alpha value is -2.50. The first-order valence-corrected chi connectivity index (χ1v) is 7.66. The maximum Gasteiger partial charge on any atom is 0.317 e. The smallest absolute Gasteiger partial charge is 0.317 e. The minimum Gasteiger partial charge on any atom is -0.497 e. The lowest BCUT2D eigenvalue weighted by Crippen LogP contribution is -2.43. The van der Waals surface area contributed by atoms with Crippen molar-refractivity contribution in [3.63, 3.8) is 0 Å². The Kier molecular flexibility index (Phi) is 6.02. The zero-order valence-electron chi connectivity index (χ0n) is 13.2. The zero-order valence-corrected chi connectivity index (χ0v) is 13.2. The van der Waals surface area contributed by atoms with Gasteiger partial charge in [-0.25, -0.2) is 4.79 Å². The van der Waals surface area contributed by atoms with E-state index >= 15 is 0 Å². The van der Waals surface area contributed by atoms with Gasteiger partial charge in [0, 0.05) is 19.6 Å². The molecule has 2 N–H and O–H groups in total. The number of amides is 2. The van der Waals surface area contributed by atoms with Crippen molar-refractivity contribution >= 4 is 18.1 Å². The van der Waals surface area contributed by atoms with E-state index in [1.807, 2.05) is 24.3 Å². The summed E-state index contributed by atoms with van der Waals surface area (Å²) in [6.07, 6.45) is 3.73. The predicted octanol–water partition coefficient (Wildman–Crippen LogP) is 2.36. The Balaban J connectivity index is 1.84. The SMILES string of the molecule is COc1cccc(C=C2CCN(C(=O)NCCC(=O)O)CC2)c1. The summed E-state index contributed by atoms with van der Waals surface area (Å²) in [5.74, 6) is -0.0814. The summed E-state index contributed by atoms with van der Waals surface area (Å²) >= 11 is 0. The lowest BCUT2D eigenvalue weighted by Gasteiger charge is -2.28. The minimum absolute atomic E-state index is 0.0550. The average Bonchev–Trinajstić information content (AvgIpc) is 2.55. The molecule has 0 bridgehead atoms. The Morgan fingerprint density at radius 2 is 2.09 bits per heavy atom. The Morgan fingerprint density at radius 1 is 1.35 bits per heavy atom. The number of nitrogens with zero attached hydrogens (tertiary/aromatic N) is 1. The van der Waals surface area contributed by atoms with Crippen LogP contribution in [0.25, 0.3) is 6.08 Å². The van der Waals surface area contributed by atoms with Crippen molar-refractivity contribution in [1.82, 2.24) is 10.2 Å². The van der Waals surface area contributed by atoms with E-state index in [1.54, 1.807) is 12.0 Å². The van der Waals surface area contributed by atoms with Crippen molar-refractivity contribution in [1.29, 1.82) is 0 Å². The van der Waals surface area contributed by atoms with Crippen LogP contribution in [0.5, 0.6) is 5.75 Å². The van der Waals surface area contributed by atoms with Crippen LogP contribution in [0.2, 0.25) is 0 Å². The third kappa shape index (κ3) is 5.32. The molecule has 1 aliphatic heterocycles. The van der Waals surface area contributed by atoms with Crippen molar-refractivity contribution < 1.29 is 19.4 Å². The molecule has 2 rings (SSSR count). The van der Waals surface area contributed by atoms with Crippen molar-refractivity contribution in [2.24, 2.45) is 0 Å². The molecule has 1 fully saturated rings. The van der Waals surface area contributed by atoms with Gasteiger partial charge in [0.15, 0.2) is 0 Å². The maximum atomic E-state index is 11.9. The zero-order chi connectivity index (χ0) is 16.7. The molecule has 6 heteroatoms. The van der Waals surface area contributed by atoms with E-state index in [9.17, 15) is 9.59 Å². The number of nitrogens with one attached hydrogen (secondary N) is 1. The lowest BCUT2D eigenvalue weighted by molar-refractivity contribution is -0.136. The monoisotopic (exact) mass is 318 g/mol. The van der Waals surface area contributed by atoms with Crippen LogP contribution in [0.1, 0.15) is 24.8 Å². The number of methoxy groups -OCH3 is 1. The van der Waals surface area contributed by atoms with Crippen molar-refractivity contribution in [3.05, 3.63) is 35.4 Å².